The second-order valence-electron chi connectivity index (χ2n) is 4.74. The predicted octanol–water partition coefficient (Wildman–Crippen LogP) is 2.09. The lowest BCUT2D eigenvalue weighted by molar-refractivity contribution is 0.603. The number of sulfone groups is 1. The highest BCUT2D eigenvalue weighted by molar-refractivity contribution is 8.00. The molecule has 7 heteroatoms. The molecule has 0 saturated heterocycles. The Hall–Kier alpha value is -0.820. The monoisotopic (exact) mass is 303 g/mol. The van der Waals surface area contributed by atoms with Crippen LogP contribution in [0, 0.1) is 6.92 Å². The van der Waals surface area contributed by atoms with Gasteiger partial charge in [-0.1, -0.05) is 13.8 Å². The molecule has 0 unspecified atom stereocenters. The van der Waals surface area contributed by atoms with Crippen molar-refractivity contribution >= 4 is 27.4 Å². The molecule has 0 aliphatic heterocycles. The third kappa shape index (κ3) is 4.99. The lowest BCUT2D eigenvalue weighted by Gasteiger charge is -2.13. The molecule has 0 radical (unpaired) electrons. The molecule has 0 aliphatic rings. The van der Waals surface area contributed by atoms with E-state index in [0.29, 0.717) is 5.75 Å². The normalized spacial score (nSPS) is 11.9. The summed E-state index contributed by atoms with van der Waals surface area (Å²) in [4.78, 5) is 8.97. The van der Waals surface area contributed by atoms with Gasteiger partial charge in [-0.3, -0.25) is 0 Å². The fourth-order valence-corrected chi connectivity index (χ4v) is 3.65. The molecular weight excluding hydrogens is 282 g/mol. The molecule has 1 N–H and O–H groups in total. The van der Waals surface area contributed by atoms with E-state index in [-0.39, 0.29) is 11.7 Å². The first kappa shape index (κ1) is 16.2. The average Bonchev–Trinajstić information content (AvgIpc) is 2.29. The minimum Gasteiger partial charge on any atom is -0.373 e. The van der Waals surface area contributed by atoms with Crippen molar-refractivity contribution in [3.05, 3.63) is 11.4 Å². The van der Waals surface area contributed by atoms with E-state index in [1.165, 1.54) is 18.0 Å². The molecule has 5 nitrogen and oxygen atoms in total. The van der Waals surface area contributed by atoms with Crippen molar-refractivity contribution in [2.24, 2.45) is 0 Å². The van der Waals surface area contributed by atoms with Gasteiger partial charge in [0, 0.05) is 30.5 Å². The largest absolute Gasteiger partial charge is 0.373 e. The predicted molar refractivity (Wildman–Crippen MR) is 80.8 cm³/mol. The van der Waals surface area contributed by atoms with Crippen LogP contribution in [0.1, 0.15) is 31.2 Å². The molecule has 0 saturated carbocycles. The van der Waals surface area contributed by atoms with Crippen molar-refractivity contribution in [1.82, 2.24) is 9.97 Å². The zero-order valence-corrected chi connectivity index (χ0v) is 13.7. The first-order valence-electron chi connectivity index (χ1n) is 6.11. The quantitative estimate of drug-likeness (QED) is 0.641. The van der Waals surface area contributed by atoms with Crippen LogP contribution in [0.3, 0.4) is 0 Å². The summed E-state index contributed by atoms with van der Waals surface area (Å²) in [6, 6.07) is 0. The average molecular weight is 303 g/mol. The van der Waals surface area contributed by atoms with Crippen LogP contribution in [0.2, 0.25) is 0 Å². The highest BCUT2D eigenvalue weighted by Gasteiger charge is 2.13. The first-order valence-corrected chi connectivity index (χ1v) is 9.16. The Labute approximate surface area is 119 Å². The van der Waals surface area contributed by atoms with Gasteiger partial charge >= 0.3 is 0 Å². The highest BCUT2D eigenvalue weighted by atomic mass is 32.2. The standard InChI is InChI=1S/C12H21N3O2S2/c1-8(2)10-14-11(13-4)9(3)12(15-10)18-6-7-19(5,16)17/h8H,6-7H2,1-5H3,(H,13,14,15). The van der Waals surface area contributed by atoms with Gasteiger partial charge in [0.15, 0.2) is 0 Å². The SMILES string of the molecule is CNc1nc(C(C)C)nc(SCCS(C)(=O)=O)c1C. The Bertz CT molecular complexity index is 542. The Kier molecular flexibility index (Phi) is 5.61. The molecule has 1 heterocycles. The molecule has 0 atom stereocenters. The van der Waals surface area contributed by atoms with Crippen molar-refractivity contribution < 1.29 is 8.42 Å². The third-order valence-corrected chi connectivity index (χ3v) is 4.85. The molecule has 108 valence electrons. The third-order valence-electron chi connectivity index (χ3n) is 2.56. The van der Waals surface area contributed by atoms with Gasteiger partial charge in [-0.05, 0) is 6.92 Å². The lowest BCUT2D eigenvalue weighted by atomic mass is 10.2. The minimum atomic E-state index is -2.93. The van der Waals surface area contributed by atoms with E-state index in [9.17, 15) is 8.42 Å². The molecule has 1 aromatic heterocycles. The summed E-state index contributed by atoms with van der Waals surface area (Å²) >= 11 is 1.46. The van der Waals surface area contributed by atoms with E-state index in [1.54, 1.807) is 0 Å². The fourth-order valence-electron chi connectivity index (χ4n) is 1.44. The van der Waals surface area contributed by atoms with E-state index in [1.807, 2.05) is 27.8 Å². The fraction of sp³-hybridized carbons (Fsp3) is 0.667. The van der Waals surface area contributed by atoms with E-state index in [2.05, 4.69) is 15.3 Å². The van der Waals surface area contributed by atoms with Crippen LogP contribution < -0.4 is 5.32 Å². The van der Waals surface area contributed by atoms with Gasteiger partial charge in [-0.25, -0.2) is 18.4 Å². The Morgan fingerprint density at radius 3 is 2.42 bits per heavy atom. The molecule has 0 aliphatic carbocycles. The van der Waals surface area contributed by atoms with Gasteiger partial charge in [0.25, 0.3) is 0 Å². The topological polar surface area (TPSA) is 72.0 Å². The van der Waals surface area contributed by atoms with Gasteiger partial charge in [-0.2, -0.15) is 0 Å². The second kappa shape index (κ2) is 6.56. The van der Waals surface area contributed by atoms with Gasteiger partial charge in [-0.15, -0.1) is 11.8 Å². The summed E-state index contributed by atoms with van der Waals surface area (Å²) in [6.07, 6.45) is 1.25. The molecular formula is C12H21N3O2S2. The molecule has 0 amide bonds. The number of aromatic nitrogens is 2. The van der Waals surface area contributed by atoms with Crippen LogP contribution in [0.5, 0.6) is 0 Å². The molecule has 0 aromatic carbocycles. The maximum absolute atomic E-state index is 11.1. The number of nitrogens with zero attached hydrogens (tertiary/aromatic N) is 2. The summed E-state index contributed by atoms with van der Waals surface area (Å²) in [5.74, 6) is 2.49. The molecule has 1 rings (SSSR count). The second-order valence-corrected chi connectivity index (χ2v) is 8.09. The zero-order valence-electron chi connectivity index (χ0n) is 12.0. The molecule has 0 fully saturated rings. The smallest absolute Gasteiger partial charge is 0.148 e. The Balaban J connectivity index is 2.95. The van der Waals surface area contributed by atoms with Crippen LogP contribution in [-0.4, -0.2) is 43.2 Å². The Morgan fingerprint density at radius 1 is 1.32 bits per heavy atom. The number of hydrogen-bond donors (Lipinski definition) is 1. The van der Waals surface area contributed by atoms with Crippen molar-refractivity contribution in [3.8, 4) is 0 Å². The number of hydrogen-bond acceptors (Lipinski definition) is 6. The van der Waals surface area contributed by atoms with Crippen LogP contribution in [0.15, 0.2) is 5.03 Å². The van der Waals surface area contributed by atoms with E-state index < -0.39 is 9.84 Å². The van der Waals surface area contributed by atoms with Gasteiger partial charge in [0.05, 0.1) is 5.75 Å². The molecule has 0 spiro atoms. The maximum atomic E-state index is 11.1. The van der Waals surface area contributed by atoms with Gasteiger partial charge < -0.3 is 5.32 Å². The van der Waals surface area contributed by atoms with Crippen LogP contribution in [0.4, 0.5) is 5.82 Å². The summed E-state index contributed by atoms with van der Waals surface area (Å²) in [5.41, 5.74) is 0.963. The Morgan fingerprint density at radius 2 is 1.95 bits per heavy atom. The molecule has 1 aromatic rings. The van der Waals surface area contributed by atoms with Gasteiger partial charge in [0.1, 0.15) is 26.5 Å². The molecule has 0 bridgehead atoms. The van der Waals surface area contributed by atoms with E-state index in [4.69, 9.17) is 0 Å². The first-order chi connectivity index (χ1) is 8.74. The van der Waals surface area contributed by atoms with Crippen molar-refractivity contribution in [2.75, 3.05) is 30.1 Å². The summed E-state index contributed by atoms with van der Waals surface area (Å²) < 4.78 is 22.3. The minimum absolute atomic E-state index is 0.160. The van der Waals surface area contributed by atoms with Crippen molar-refractivity contribution in [1.29, 1.82) is 0 Å². The van der Waals surface area contributed by atoms with Crippen molar-refractivity contribution in [3.63, 3.8) is 0 Å². The number of rotatable bonds is 6. The van der Waals surface area contributed by atoms with Crippen LogP contribution in [-0.2, 0) is 9.84 Å². The summed E-state index contributed by atoms with van der Waals surface area (Å²) in [5, 5.41) is 3.91. The zero-order chi connectivity index (χ0) is 14.6. The maximum Gasteiger partial charge on any atom is 0.148 e. The van der Waals surface area contributed by atoms with E-state index in [0.717, 1.165) is 22.2 Å². The summed E-state index contributed by atoms with van der Waals surface area (Å²) in [6.45, 7) is 6.02. The van der Waals surface area contributed by atoms with Crippen molar-refractivity contribution in [2.45, 2.75) is 31.7 Å². The lowest BCUT2D eigenvalue weighted by Crippen LogP contribution is -2.08. The molecule has 19 heavy (non-hydrogen) atoms. The van der Waals surface area contributed by atoms with E-state index >= 15 is 0 Å². The van der Waals surface area contributed by atoms with Crippen LogP contribution in [0.25, 0.3) is 0 Å². The number of nitrogens with one attached hydrogen (secondary N) is 1. The highest BCUT2D eigenvalue weighted by Crippen LogP contribution is 2.26. The number of anilines is 1. The summed E-state index contributed by atoms with van der Waals surface area (Å²) in [7, 11) is -1.11. The van der Waals surface area contributed by atoms with Gasteiger partial charge in [0.2, 0.25) is 0 Å². The van der Waals surface area contributed by atoms with Crippen LogP contribution >= 0.6 is 11.8 Å². The number of thioether (sulfide) groups is 1.